The van der Waals surface area contributed by atoms with Crippen LogP contribution in [0.4, 0.5) is 11.7 Å². The Kier molecular flexibility index (Phi) is 3.29. The number of thiophene rings is 1. The van der Waals surface area contributed by atoms with Crippen LogP contribution >= 0.6 is 11.3 Å². The van der Waals surface area contributed by atoms with E-state index >= 15 is 0 Å². The van der Waals surface area contributed by atoms with E-state index in [1.807, 2.05) is 35.7 Å². The fourth-order valence-electron chi connectivity index (χ4n) is 2.13. The lowest BCUT2D eigenvalue weighted by molar-refractivity contribution is 0.518. The van der Waals surface area contributed by atoms with E-state index in [0.717, 1.165) is 11.3 Å². The predicted octanol–water partition coefficient (Wildman–Crippen LogP) is 4.29. The Hall–Kier alpha value is -2.14. The third-order valence-electron chi connectivity index (χ3n) is 3.20. The van der Waals surface area contributed by atoms with Crippen molar-refractivity contribution in [3.63, 3.8) is 0 Å². The minimum Gasteiger partial charge on any atom is -0.388 e. The maximum absolute atomic E-state index is 12.3. The molecule has 1 aromatic carbocycles. The molecule has 0 radical (unpaired) electrons. The van der Waals surface area contributed by atoms with E-state index in [2.05, 4.69) is 31.1 Å². The van der Waals surface area contributed by atoms with Crippen LogP contribution in [0.2, 0.25) is 0 Å². The van der Waals surface area contributed by atoms with E-state index in [-0.39, 0.29) is 17.1 Å². The number of anilines is 2. The van der Waals surface area contributed by atoms with Gasteiger partial charge < -0.3 is 9.73 Å². The van der Waals surface area contributed by atoms with Gasteiger partial charge in [-0.2, -0.15) is 4.98 Å². The summed E-state index contributed by atoms with van der Waals surface area (Å²) in [6, 6.07) is 9.74. The van der Waals surface area contributed by atoms with Gasteiger partial charge in [0.05, 0.1) is 0 Å². The molecule has 0 saturated heterocycles. The molecule has 0 atom stereocenters. The Morgan fingerprint density at radius 3 is 2.57 bits per heavy atom. The van der Waals surface area contributed by atoms with Gasteiger partial charge in [-0.1, -0.05) is 39.0 Å². The van der Waals surface area contributed by atoms with Gasteiger partial charge in [0, 0.05) is 5.69 Å². The summed E-state index contributed by atoms with van der Waals surface area (Å²) < 4.78 is 5.32. The summed E-state index contributed by atoms with van der Waals surface area (Å²) in [5.74, 6) is 0. The molecule has 3 aromatic rings. The summed E-state index contributed by atoms with van der Waals surface area (Å²) in [6.45, 7) is 6.22. The molecule has 1 N–H and O–H groups in total. The number of nitrogens with zero attached hydrogens (tertiary/aromatic N) is 1. The molecule has 0 saturated carbocycles. The van der Waals surface area contributed by atoms with E-state index in [9.17, 15) is 4.79 Å². The fraction of sp³-hybridized carbons (Fsp3) is 0.250. The summed E-state index contributed by atoms with van der Waals surface area (Å²) in [7, 11) is 0. The molecular weight excluding hydrogens is 284 g/mol. The molecule has 2 heterocycles. The van der Waals surface area contributed by atoms with E-state index < -0.39 is 0 Å². The molecule has 0 aliphatic rings. The highest BCUT2D eigenvalue weighted by Gasteiger charge is 2.22. The van der Waals surface area contributed by atoms with Crippen molar-refractivity contribution in [2.45, 2.75) is 26.2 Å². The molecular formula is C16H16N2O2S. The van der Waals surface area contributed by atoms with Crippen LogP contribution in [0.3, 0.4) is 0 Å². The minimum absolute atomic E-state index is 0.108. The highest BCUT2D eigenvalue weighted by molar-refractivity contribution is 7.16. The van der Waals surface area contributed by atoms with E-state index in [1.165, 1.54) is 11.3 Å². The van der Waals surface area contributed by atoms with Gasteiger partial charge >= 0.3 is 11.6 Å². The zero-order chi connectivity index (χ0) is 15.0. The highest BCUT2D eigenvalue weighted by atomic mass is 32.1. The van der Waals surface area contributed by atoms with Crippen molar-refractivity contribution in [3.05, 3.63) is 51.7 Å². The molecule has 0 amide bonds. The zero-order valence-electron chi connectivity index (χ0n) is 12.1. The topological polar surface area (TPSA) is 55.1 Å². The summed E-state index contributed by atoms with van der Waals surface area (Å²) in [5, 5.41) is 5.59. The second kappa shape index (κ2) is 5.00. The number of benzene rings is 1. The first-order valence-corrected chi connectivity index (χ1v) is 7.58. The lowest BCUT2D eigenvalue weighted by atomic mass is 9.88. The van der Waals surface area contributed by atoms with Crippen molar-refractivity contribution < 1.29 is 4.42 Å². The fourth-order valence-corrected chi connectivity index (χ4v) is 3.28. The van der Waals surface area contributed by atoms with Crippen molar-refractivity contribution in [3.8, 4) is 0 Å². The zero-order valence-corrected chi connectivity index (χ0v) is 13.0. The third-order valence-corrected chi connectivity index (χ3v) is 4.07. The van der Waals surface area contributed by atoms with Gasteiger partial charge in [0.25, 0.3) is 0 Å². The largest absolute Gasteiger partial charge is 0.388 e. The maximum atomic E-state index is 12.3. The molecule has 3 rings (SSSR count). The number of aromatic nitrogens is 1. The first-order valence-electron chi connectivity index (χ1n) is 6.70. The number of fused-ring (bicyclic) bond motifs is 1. The van der Waals surface area contributed by atoms with Crippen LogP contribution in [0.25, 0.3) is 10.2 Å². The van der Waals surface area contributed by atoms with Crippen LogP contribution in [-0.2, 0) is 5.41 Å². The van der Waals surface area contributed by atoms with Crippen molar-refractivity contribution in [2.24, 2.45) is 0 Å². The number of rotatable bonds is 2. The average Bonchev–Trinajstić information content (AvgIpc) is 2.84. The standard InChI is InChI=1S/C16H16N2O2S/c1-16(2,3)11-9-21-13-12(11)14(19)20-15(18-13)17-10-7-5-4-6-8-10/h4-9H,1-3H3,(H,17,18). The van der Waals surface area contributed by atoms with Gasteiger partial charge in [-0.05, 0) is 28.5 Å². The maximum Gasteiger partial charge on any atom is 0.349 e. The quantitative estimate of drug-likeness (QED) is 0.767. The summed E-state index contributed by atoms with van der Waals surface area (Å²) in [4.78, 5) is 17.4. The first-order chi connectivity index (χ1) is 9.95. The minimum atomic E-state index is -0.343. The van der Waals surface area contributed by atoms with Gasteiger partial charge in [-0.15, -0.1) is 11.3 Å². The molecule has 0 aliphatic heterocycles. The van der Waals surface area contributed by atoms with Crippen LogP contribution < -0.4 is 10.9 Å². The molecule has 0 bridgehead atoms. The Labute approximate surface area is 126 Å². The summed E-state index contributed by atoms with van der Waals surface area (Å²) >= 11 is 1.47. The lowest BCUT2D eigenvalue weighted by Crippen LogP contribution is -2.14. The molecule has 21 heavy (non-hydrogen) atoms. The second-order valence-corrected chi connectivity index (χ2v) is 6.74. The second-order valence-electron chi connectivity index (χ2n) is 5.88. The van der Waals surface area contributed by atoms with Crippen LogP contribution in [0.5, 0.6) is 0 Å². The molecule has 0 unspecified atom stereocenters. The summed E-state index contributed by atoms with van der Waals surface area (Å²) in [5.41, 5.74) is 1.36. The van der Waals surface area contributed by atoms with Crippen molar-refractivity contribution in [1.82, 2.24) is 4.98 Å². The molecule has 0 fully saturated rings. The molecule has 4 nitrogen and oxygen atoms in total. The SMILES string of the molecule is CC(C)(C)c1csc2nc(Nc3ccccc3)oc(=O)c12. The summed E-state index contributed by atoms with van der Waals surface area (Å²) in [6.07, 6.45) is 0. The average molecular weight is 300 g/mol. The molecule has 5 heteroatoms. The number of para-hydroxylation sites is 1. The first kappa shape index (κ1) is 13.8. The Balaban J connectivity index is 2.07. The van der Waals surface area contributed by atoms with Gasteiger partial charge in [-0.3, -0.25) is 0 Å². The Bertz CT molecular complexity index is 829. The van der Waals surface area contributed by atoms with Crippen molar-refractivity contribution in [1.29, 1.82) is 0 Å². The monoisotopic (exact) mass is 300 g/mol. The van der Waals surface area contributed by atoms with Crippen molar-refractivity contribution in [2.75, 3.05) is 5.32 Å². The molecule has 0 spiro atoms. The van der Waals surface area contributed by atoms with Gasteiger partial charge in [0.1, 0.15) is 10.2 Å². The smallest absolute Gasteiger partial charge is 0.349 e. The van der Waals surface area contributed by atoms with Crippen LogP contribution in [-0.4, -0.2) is 4.98 Å². The molecule has 2 aromatic heterocycles. The van der Waals surface area contributed by atoms with Crippen LogP contribution in [0.15, 0.2) is 44.9 Å². The predicted molar refractivity (Wildman–Crippen MR) is 86.6 cm³/mol. The number of hydrogen-bond acceptors (Lipinski definition) is 5. The van der Waals surface area contributed by atoms with Crippen molar-refractivity contribution >= 4 is 33.3 Å². The van der Waals surface area contributed by atoms with Gasteiger partial charge in [-0.25, -0.2) is 4.79 Å². The Morgan fingerprint density at radius 1 is 1.19 bits per heavy atom. The van der Waals surface area contributed by atoms with Crippen LogP contribution in [0.1, 0.15) is 26.3 Å². The lowest BCUT2D eigenvalue weighted by Gasteiger charge is -2.16. The number of nitrogens with one attached hydrogen (secondary N) is 1. The highest BCUT2D eigenvalue weighted by Crippen LogP contribution is 2.32. The third kappa shape index (κ3) is 2.69. The normalized spacial score (nSPS) is 11.8. The van der Waals surface area contributed by atoms with E-state index in [0.29, 0.717) is 10.2 Å². The van der Waals surface area contributed by atoms with Gasteiger partial charge in [0.2, 0.25) is 0 Å². The van der Waals surface area contributed by atoms with E-state index in [4.69, 9.17) is 4.42 Å². The Morgan fingerprint density at radius 2 is 1.90 bits per heavy atom. The molecule has 0 aliphatic carbocycles. The molecule has 108 valence electrons. The van der Waals surface area contributed by atoms with Gasteiger partial charge in [0.15, 0.2) is 0 Å². The van der Waals surface area contributed by atoms with Crippen LogP contribution in [0, 0.1) is 0 Å². The van der Waals surface area contributed by atoms with E-state index in [1.54, 1.807) is 0 Å². The number of hydrogen-bond donors (Lipinski definition) is 1.